The van der Waals surface area contributed by atoms with Gasteiger partial charge in [-0.2, -0.15) is 0 Å². The highest BCUT2D eigenvalue weighted by Gasteiger charge is 2.69. The van der Waals surface area contributed by atoms with Gasteiger partial charge < -0.3 is 4.90 Å². The first-order valence-electron chi connectivity index (χ1n) is 10.1. The lowest BCUT2D eigenvalue weighted by molar-refractivity contribution is -0.123. The molecule has 1 saturated heterocycles. The number of nitrogens with zero attached hydrogens (tertiary/aromatic N) is 2. The van der Waals surface area contributed by atoms with Crippen LogP contribution in [0.2, 0.25) is 5.02 Å². The number of carbonyl (C=O) groups excluding carboxylic acids is 2. The number of para-hydroxylation sites is 1. The molecule has 1 spiro atoms. The number of carbonyl (C=O) groups is 2. The van der Waals surface area contributed by atoms with E-state index < -0.39 is 38.1 Å². The Morgan fingerprint density at radius 3 is 2.39 bits per heavy atom. The summed E-state index contributed by atoms with van der Waals surface area (Å²) >= 11 is 6.19. The molecular weight excluding hydrogens is 467 g/mol. The van der Waals surface area contributed by atoms with Gasteiger partial charge in [-0.15, -0.1) is 0 Å². The van der Waals surface area contributed by atoms with E-state index in [0.717, 1.165) is 10.5 Å². The minimum atomic E-state index is -4.29. The zero-order chi connectivity index (χ0) is 23.5. The van der Waals surface area contributed by atoms with Gasteiger partial charge in [0.05, 0.1) is 12.2 Å². The Hall–Kier alpha value is -3.23. The SMILES string of the molecule is Cc1ccc(N2C(=O)CS(=O)(=O)[C@@]23C(=O)N(Cc2c(F)cccc2Cl)c2ccccc23)cc1. The van der Waals surface area contributed by atoms with Gasteiger partial charge in [-0.1, -0.05) is 53.6 Å². The number of hydrogen-bond acceptors (Lipinski definition) is 4. The van der Waals surface area contributed by atoms with Crippen molar-refractivity contribution in [3.8, 4) is 0 Å². The van der Waals surface area contributed by atoms with E-state index in [9.17, 15) is 22.4 Å². The van der Waals surface area contributed by atoms with Crippen molar-refractivity contribution in [1.82, 2.24) is 0 Å². The lowest BCUT2D eigenvalue weighted by Gasteiger charge is -2.32. The summed E-state index contributed by atoms with van der Waals surface area (Å²) in [6.07, 6.45) is 0. The fraction of sp³-hybridized carbons (Fsp3) is 0.167. The highest BCUT2D eigenvalue weighted by Crippen LogP contribution is 2.53. The van der Waals surface area contributed by atoms with Gasteiger partial charge in [-0.3, -0.25) is 14.5 Å². The monoisotopic (exact) mass is 484 g/mol. The average molecular weight is 485 g/mol. The summed E-state index contributed by atoms with van der Waals surface area (Å²) in [5.41, 5.74) is 1.71. The number of rotatable bonds is 3. The number of aryl methyl sites for hydroxylation is 1. The van der Waals surface area contributed by atoms with Gasteiger partial charge in [0.1, 0.15) is 11.6 Å². The third-order valence-electron chi connectivity index (χ3n) is 6.09. The van der Waals surface area contributed by atoms with Gasteiger partial charge in [0.15, 0.2) is 9.84 Å². The minimum Gasteiger partial charge on any atom is -0.304 e. The summed E-state index contributed by atoms with van der Waals surface area (Å²) in [5, 5.41) is 0.113. The van der Waals surface area contributed by atoms with E-state index >= 15 is 0 Å². The summed E-state index contributed by atoms with van der Waals surface area (Å²) < 4.78 is 41.6. The minimum absolute atomic E-state index is 0.0583. The average Bonchev–Trinajstić information content (AvgIpc) is 3.14. The Balaban J connectivity index is 1.75. The second-order valence-electron chi connectivity index (χ2n) is 8.08. The fourth-order valence-corrected chi connectivity index (χ4v) is 6.84. The van der Waals surface area contributed by atoms with Crippen LogP contribution in [0.15, 0.2) is 66.7 Å². The van der Waals surface area contributed by atoms with Crippen molar-refractivity contribution in [1.29, 1.82) is 0 Å². The second kappa shape index (κ2) is 7.40. The van der Waals surface area contributed by atoms with Crippen molar-refractivity contribution in [3.63, 3.8) is 0 Å². The van der Waals surface area contributed by atoms with E-state index in [4.69, 9.17) is 11.6 Å². The molecule has 5 rings (SSSR count). The Morgan fingerprint density at radius 2 is 1.70 bits per heavy atom. The van der Waals surface area contributed by atoms with Gasteiger partial charge >= 0.3 is 0 Å². The first kappa shape index (κ1) is 21.6. The number of fused-ring (bicyclic) bond motifs is 2. The van der Waals surface area contributed by atoms with Crippen LogP contribution in [-0.4, -0.2) is 26.0 Å². The maximum atomic E-state index is 14.6. The van der Waals surface area contributed by atoms with Crippen LogP contribution < -0.4 is 9.80 Å². The molecule has 168 valence electrons. The van der Waals surface area contributed by atoms with Crippen molar-refractivity contribution in [2.75, 3.05) is 15.6 Å². The van der Waals surface area contributed by atoms with E-state index in [-0.39, 0.29) is 28.4 Å². The van der Waals surface area contributed by atoms with Crippen LogP contribution in [0.5, 0.6) is 0 Å². The first-order chi connectivity index (χ1) is 15.7. The van der Waals surface area contributed by atoms with E-state index in [1.165, 1.54) is 29.2 Å². The standard InChI is InChI=1S/C24H18ClFN2O4S/c1-15-9-11-16(12-10-15)28-22(29)14-33(31,32)24(28)18-5-2-3-8-21(18)27(23(24)30)13-17-19(25)6-4-7-20(17)26/h2-12H,13-14H2,1H3/t24-/m0/s1. The van der Waals surface area contributed by atoms with Gasteiger partial charge in [0, 0.05) is 21.8 Å². The number of amides is 2. The maximum absolute atomic E-state index is 14.6. The van der Waals surface area contributed by atoms with Crippen molar-refractivity contribution in [3.05, 3.63) is 94.3 Å². The van der Waals surface area contributed by atoms with Crippen LogP contribution in [-0.2, 0) is 30.8 Å². The molecule has 2 amide bonds. The van der Waals surface area contributed by atoms with Crippen LogP contribution in [0.3, 0.4) is 0 Å². The predicted molar refractivity (Wildman–Crippen MR) is 123 cm³/mol. The zero-order valence-electron chi connectivity index (χ0n) is 17.5. The Labute approximate surface area is 195 Å². The van der Waals surface area contributed by atoms with Crippen molar-refractivity contribution in [2.24, 2.45) is 0 Å². The molecule has 1 fully saturated rings. The molecule has 2 aliphatic rings. The Kier molecular flexibility index (Phi) is 4.84. The smallest absolute Gasteiger partial charge is 0.274 e. The van der Waals surface area contributed by atoms with Crippen LogP contribution in [0, 0.1) is 12.7 Å². The normalized spacial score (nSPS) is 21.2. The number of sulfone groups is 1. The van der Waals surface area contributed by atoms with Crippen molar-refractivity contribution in [2.45, 2.75) is 18.3 Å². The quantitative estimate of drug-likeness (QED) is 0.564. The van der Waals surface area contributed by atoms with Crippen molar-refractivity contribution < 1.29 is 22.4 Å². The van der Waals surface area contributed by atoms with Crippen molar-refractivity contribution >= 4 is 44.6 Å². The molecule has 0 radical (unpaired) electrons. The number of benzene rings is 3. The zero-order valence-corrected chi connectivity index (χ0v) is 19.0. The molecule has 0 saturated carbocycles. The lowest BCUT2D eigenvalue weighted by atomic mass is 10.0. The maximum Gasteiger partial charge on any atom is 0.274 e. The molecular formula is C24H18ClFN2O4S. The van der Waals surface area contributed by atoms with E-state index in [1.54, 1.807) is 42.5 Å². The molecule has 2 aliphatic heterocycles. The van der Waals surface area contributed by atoms with E-state index in [1.807, 2.05) is 6.92 Å². The first-order valence-corrected chi connectivity index (χ1v) is 12.2. The summed E-state index contributed by atoms with van der Waals surface area (Å²) in [6, 6.07) is 17.2. The van der Waals surface area contributed by atoms with Crippen LogP contribution in [0.1, 0.15) is 16.7 Å². The molecule has 0 unspecified atom stereocenters. The third-order valence-corrected chi connectivity index (χ3v) is 8.55. The molecule has 0 aliphatic carbocycles. The van der Waals surface area contributed by atoms with E-state index in [2.05, 4.69) is 0 Å². The van der Waals surface area contributed by atoms with E-state index in [0.29, 0.717) is 5.69 Å². The Bertz CT molecular complexity index is 1400. The second-order valence-corrected chi connectivity index (χ2v) is 10.6. The molecule has 0 aromatic heterocycles. The molecule has 3 aromatic carbocycles. The van der Waals surface area contributed by atoms with Gasteiger partial charge in [0.25, 0.3) is 10.8 Å². The molecule has 0 N–H and O–H groups in total. The number of anilines is 2. The molecule has 0 bridgehead atoms. The van der Waals surface area contributed by atoms with Gasteiger partial charge in [-0.25, -0.2) is 12.8 Å². The summed E-state index contributed by atoms with van der Waals surface area (Å²) in [6.45, 7) is 1.58. The molecule has 2 heterocycles. The molecule has 3 aromatic rings. The summed E-state index contributed by atoms with van der Waals surface area (Å²) in [4.78, 5) is 27.1. The Morgan fingerprint density at radius 1 is 1.00 bits per heavy atom. The topological polar surface area (TPSA) is 74.8 Å². The molecule has 6 nitrogen and oxygen atoms in total. The highest BCUT2D eigenvalue weighted by atomic mass is 35.5. The van der Waals surface area contributed by atoms with Crippen LogP contribution in [0.25, 0.3) is 0 Å². The van der Waals surface area contributed by atoms with Crippen LogP contribution >= 0.6 is 11.6 Å². The largest absolute Gasteiger partial charge is 0.304 e. The molecule has 33 heavy (non-hydrogen) atoms. The number of hydrogen-bond donors (Lipinski definition) is 0. The lowest BCUT2D eigenvalue weighted by Crippen LogP contribution is -2.54. The third kappa shape index (κ3) is 2.94. The van der Waals surface area contributed by atoms with Gasteiger partial charge in [-0.05, 0) is 37.3 Å². The highest BCUT2D eigenvalue weighted by molar-refractivity contribution is 7.94. The summed E-state index contributed by atoms with van der Waals surface area (Å²) in [7, 11) is -4.29. The van der Waals surface area contributed by atoms with Gasteiger partial charge in [0.2, 0.25) is 5.91 Å². The molecule has 9 heteroatoms. The fourth-order valence-electron chi connectivity index (χ4n) is 4.58. The predicted octanol–water partition coefficient (Wildman–Crippen LogP) is 3.95. The summed E-state index contributed by atoms with van der Waals surface area (Å²) in [5.74, 6) is -2.97. The van der Waals surface area contributed by atoms with Crippen LogP contribution in [0.4, 0.5) is 15.8 Å². The molecule has 1 atom stereocenters. The number of halogens is 2.